The molecule has 0 amide bonds. The molecule has 0 aliphatic carbocycles. The molecule has 2 N–H and O–H groups in total. The highest BCUT2D eigenvalue weighted by Crippen LogP contribution is 2.29. The Labute approximate surface area is 137 Å². The monoisotopic (exact) mass is 312 g/mol. The van der Waals surface area contributed by atoms with Crippen molar-refractivity contribution in [3.05, 3.63) is 54.4 Å². The van der Waals surface area contributed by atoms with E-state index in [-0.39, 0.29) is 0 Å². The minimum Gasteiger partial charge on any atom is -0.496 e. The second-order valence-electron chi connectivity index (χ2n) is 5.66. The van der Waals surface area contributed by atoms with Gasteiger partial charge in [0.25, 0.3) is 0 Å². The molecule has 0 bridgehead atoms. The number of benzene rings is 1. The standard InChI is InChI=1S/C18H24N4O/c1-23-18-5-3-2-4-16(18)17-14-20-10-12-22(17)13-11-21-15-6-8-19-9-7-15/h2-9,17,20H,10-14H2,1H3,(H,19,21). The first-order valence-corrected chi connectivity index (χ1v) is 8.10. The average Bonchev–Trinajstić information content (AvgIpc) is 2.63. The van der Waals surface area contributed by atoms with Crippen LogP contribution in [0, 0.1) is 0 Å². The Bertz CT molecular complexity index is 605. The predicted molar refractivity (Wildman–Crippen MR) is 92.9 cm³/mol. The van der Waals surface area contributed by atoms with Crippen molar-refractivity contribution in [2.24, 2.45) is 0 Å². The van der Waals surface area contributed by atoms with Gasteiger partial charge in [-0.25, -0.2) is 0 Å². The predicted octanol–water partition coefficient (Wildman–Crippen LogP) is 2.15. The van der Waals surface area contributed by atoms with E-state index >= 15 is 0 Å². The van der Waals surface area contributed by atoms with Crippen LogP contribution in [0.4, 0.5) is 5.69 Å². The Kier molecular flexibility index (Phi) is 5.45. The van der Waals surface area contributed by atoms with Gasteiger partial charge in [-0.05, 0) is 18.2 Å². The topological polar surface area (TPSA) is 49.4 Å². The van der Waals surface area contributed by atoms with Crippen LogP contribution in [0.1, 0.15) is 11.6 Å². The fraction of sp³-hybridized carbons (Fsp3) is 0.389. The van der Waals surface area contributed by atoms with Gasteiger partial charge in [0.15, 0.2) is 0 Å². The third kappa shape index (κ3) is 4.00. The lowest BCUT2D eigenvalue weighted by atomic mass is 10.0. The molecular weight excluding hydrogens is 288 g/mol. The van der Waals surface area contributed by atoms with Gasteiger partial charge >= 0.3 is 0 Å². The fourth-order valence-electron chi connectivity index (χ4n) is 3.08. The maximum absolute atomic E-state index is 5.54. The highest BCUT2D eigenvalue weighted by molar-refractivity contribution is 5.40. The van der Waals surface area contributed by atoms with E-state index < -0.39 is 0 Å². The van der Waals surface area contributed by atoms with Crippen LogP contribution in [0.25, 0.3) is 0 Å². The largest absolute Gasteiger partial charge is 0.496 e. The van der Waals surface area contributed by atoms with E-state index in [1.165, 1.54) is 5.56 Å². The van der Waals surface area contributed by atoms with Crippen molar-refractivity contribution in [2.75, 3.05) is 45.2 Å². The quantitative estimate of drug-likeness (QED) is 0.856. The molecule has 0 spiro atoms. The number of hydrogen-bond donors (Lipinski definition) is 2. The zero-order valence-electron chi connectivity index (χ0n) is 13.5. The van der Waals surface area contributed by atoms with Gasteiger partial charge < -0.3 is 15.4 Å². The SMILES string of the molecule is COc1ccccc1C1CNCCN1CCNc1ccncc1. The van der Waals surface area contributed by atoms with Crippen molar-refractivity contribution < 1.29 is 4.74 Å². The highest BCUT2D eigenvalue weighted by atomic mass is 16.5. The van der Waals surface area contributed by atoms with Crippen LogP contribution in [-0.2, 0) is 0 Å². The van der Waals surface area contributed by atoms with E-state index in [1.807, 2.05) is 36.7 Å². The van der Waals surface area contributed by atoms with E-state index in [2.05, 4.69) is 32.7 Å². The summed E-state index contributed by atoms with van der Waals surface area (Å²) in [5, 5.41) is 6.96. The maximum atomic E-state index is 5.54. The van der Waals surface area contributed by atoms with E-state index in [9.17, 15) is 0 Å². The van der Waals surface area contributed by atoms with Gasteiger partial charge in [-0.3, -0.25) is 9.88 Å². The number of nitrogens with zero attached hydrogens (tertiary/aromatic N) is 2. The molecule has 5 heteroatoms. The number of nitrogens with one attached hydrogen (secondary N) is 2. The molecular formula is C18H24N4O. The number of methoxy groups -OCH3 is 1. The first-order chi connectivity index (χ1) is 11.4. The van der Waals surface area contributed by atoms with E-state index in [0.29, 0.717) is 6.04 Å². The molecule has 1 saturated heterocycles. The minimum atomic E-state index is 0.346. The zero-order chi connectivity index (χ0) is 15.9. The van der Waals surface area contributed by atoms with Crippen molar-refractivity contribution in [2.45, 2.75) is 6.04 Å². The van der Waals surface area contributed by atoms with Crippen molar-refractivity contribution in [1.82, 2.24) is 15.2 Å². The summed E-state index contributed by atoms with van der Waals surface area (Å²) in [6, 6.07) is 12.6. The number of hydrogen-bond acceptors (Lipinski definition) is 5. The average molecular weight is 312 g/mol. The molecule has 3 rings (SSSR count). The first-order valence-electron chi connectivity index (χ1n) is 8.10. The molecule has 2 aromatic rings. The number of rotatable bonds is 6. The molecule has 0 saturated carbocycles. The molecule has 1 unspecified atom stereocenters. The summed E-state index contributed by atoms with van der Waals surface area (Å²) in [4.78, 5) is 6.56. The summed E-state index contributed by atoms with van der Waals surface area (Å²) < 4.78 is 5.54. The molecule has 1 fully saturated rings. The molecule has 5 nitrogen and oxygen atoms in total. The van der Waals surface area contributed by atoms with Crippen LogP contribution in [0.3, 0.4) is 0 Å². The van der Waals surface area contributed by atoms with E-state index in [1.54, 1.807) is 7.11 Å². The fourth-order valence-corrected chi connectivity index (χ4v) is 3.08. The Balaban J connectivity index is 1.64. The maximum Gasteiger partial charge on any atom is 0.123 e. The second-order valence-corrected chi connectivity index (χ2v) is 5.66. The summed E-state index contributed by atoms with van der Waals surface area (Å²) in [6.45, 7) is 4.93. The molecule has 0 radical (unpaired) electrons. The second kappa shape index (κ2) is 7.94. The van der Waals surface area contributed by atoms with Gasteiger partial charge in [-0.2, -0.15) is 0 Å². The Morgan fingerprint density at radius 1 is 1.26 bits per heavy atom. The van der Waals surface area contributed by atoms with Crippen LogP contribution in [-0.4, -0.2) is 49.7 Å². The van der Waals surface area contributed by atoms with Crippen molar-refractivity contribution in [3.8, 4) is 5.75 Å². The smallest absolute Gasteiger partial charge is 0.123 e. The number of ether oxygens (including phenoxy) is 1. The highest BCUT2D eigenvalue weighted by Gasteiger charge is 2.25. The molecule has 1 aliphatic heterocycles. The van der Waals surface area contributed by atoms with Gasteiger partial charge in [0.2, 0.25) is 0 Å². The van der Waals surface area contributed by atoms with Crippen LogP contribution >= 0.6 is 0 Å². The first kappa shape index (κ1) is 15.8. The molecule has 2 heterocycles. The Morgan fingerprint density at radius 3 is 2.91 bits per heavy atom. The third-order valence-electron chi connectivity index (χ3n) is 4.26. The van der Waals surface area contributed by atoms with Crippen molar-refractivity contribution >= 4 is 5.69 Å². The zero-order valence-corrected chi connectivity index (χ0v) is 13.5. The normalized spacial score (nSPS) is 18.6. The molecule has 122 valence electrons. The van der Waals surface area contributed by atoms with E-state index in [0.717, 1.165) is 44.2 Å². The molecule has 23 heavy (non-hydrogen) atoms. The number of aromatic nitrogens is 1. The number of piperazine rings is 1. The Hall–Kier alpha value is -2.11. The molecule has 1 aliphatic rings. The van der Waals surface area contributed by atoms with Crippen LogP contribution in [0.5, 0.6) is 5.75 Å². The lowest BCUT2D eigenvalue weighted by Crippen LogP contribution is -2.47. The van der Waals surface area contributed by atoms with Crippen LogP contribution in [0.15, 0.2) is 48.8 Å². The summed E-state index contributed by atoms with van der Waals surface area (Å²) in [6.07, 6.45) is 3.62. The van der Waals surface area contributed by atoms with Gasteiger partial charge in [0.05, 0.1) is 13.2 Å². The van der Waals surface area contributed by atoms with Gasteiger partial charge in [-0.1, -0.05) is 18.2 Å². The summed E-state index contributed by atoms with van der Waals surface area (Å²) in [5.74, 6) is 0.966. The summed E-state index contributed by atoms with van der Waals surface area (Å²) in [5.41, 5.74) is 2.37. The van der Waals surface area contributed by atoms with Crippen LogP contribution < -0.4 is 15.4 Å². The van der Waals surface area contributed by atoms with Crippen molar-refractivity contribution in [1.29, 1.82) is 0 Å². The number of anilines is 1. The van der Waals surface area contributed by atoms with E-state index in [4.69, 9.17) is 4.74 Å². The van der Waals surface area contributed by atoms with Gasteiger partial charge in [-0.15, -0.1) is 0 Å². The Morgan fingerprint density at radius 2 is 2.09 bits per heavy atom. The lowest BCUT2D eigenvalue weighted by Gasteiger charge is -2.37. The van der Waals surface area contributed by atoms with Gasteiger partial charge in [0, 0.05) is 56.4 Å². The van der Waals surface area contributed by atoms with Gasteiger partial charge in [0.1, 0.15) is 5.75 Å². The molecule has 1 atom stereocenters. The summed E-state index contributed by atoms with van der Waals surface area (Å²) in [7, 11) is 1.74. The molecule has 1 aromatic carbocycles. The summed E-state index contributed by atoms with van der Waals surface area (Å²) >= 11 is 0. The molecule has 1 aromatic heterocycles. The number of para-hydroxylation sites is 1. The number of pyridine rings is 1. The van der Waals surface area contributed by atoms with Crippen LogP contribution in [0.2, 0.25) is 0 Å². The van der Waals surface area contributed by atoms with Crippen molar-refractivity contribution in [3.63, 3.8) is 0 Å². The lowest BCUT2D eigenvalue weighted by molar-refractivity contribution is 0.165. The minimum absolute atomic E-state index is 0.346. The third-order valence-corrected chi connectivity index (χ3v) is 4.26.